The van der Waals surface area contributed by atoms with E-state index in [9.17, 15) is 4.79 Å². The zero-order valence-corrected chi connectivity index (χ0v) is 15.4. The van der Waals surface area contributed by atoms with Gasteiger partial charge in [0.25, 0.3) is 0 Å². The summed E-state index contributed by atoms with van der Waals surface area (Å²) >= 11 is 0. The van der Waals surface area contributed by atoms with Crippen LogP contribution in [0.5, 0.6) is 0 Å². The standard InChI is InChI=1S/C19H35N3O2/c1-20-9-7-18(8-10-20)21-11-13-22(14-12-21)19(23)16-24-15-17-5-3-2-4-6-17/h17-18H,2-16H2,1H3. The van der Waals surface area contributed by atoms with Crippen molar-refractivity contribution in [1.29, 1.82) is 0 Å². The van der Waals surface area contributed by atoms with Gasteiger partial charge in [-0.3, -0.25) is 9.69 Å². The van der Waals surface area contributed by atoms with Crippen LogP contribution in [0.2, 0.25) is 0 Å². The molecule has 0 unspecified atom stereocenters. The van der Waals surface area contributed by atoms with Gasteiger partial charge < -0.3 is 14.5 Å². The first-order valence-corrected chi connectivity index (χ1v) is 10.0. The molecule has 1 aliphatic carbocycles. The number of piperidine rings is 1. The number of ether oxygens (including phenoxy) is 1. The van der Waals surface area contributed by atoms with Crippen LogP contribution in [0.1, 0.15) is 44.9 Å². The topological polar surface area (TPSA) is 36.0 Å². The molecule has 3 aliphatic rings. The summed E-state index contributed by atoms with van der Waals surface area (Å²) in [7, 11) is 2.21. The Bertz CT molecular complexity index is 382. The van der Waals surface area contributed by atoms with E-state index in [0.717, 1.165) is 38.8 Å². The van der Waals surface area contributed by atoms with Gasteiger partial charge in [-0.2, -0.15) is 0 Å². The van der Waals surface area contributed by atoms with Crippen LogP contribution in [-0.4, -0.2) is 86.2 Å². The van der Waals surface area contributed by atoms with E-state index in [1.54, 1.807) is 0 Å². The molecule has 2 aliphatic heterocycles. The number of amides is 1. The molecule has 0 atom stereocenters. The third kappa shape index (κ3) is 5.17. The number of likely N-dealkylation sites (tertiary alicyclic amines) is 1. The Morgan fingerprint density at radius 3 is 2.25 bits per heavy atom. The zero-order valence-electron chi connectivity index (χ0n) is 15.4. The molecular formula is C19H35N3O2. The third-order valence-electron chi connectivity index (χ3n) is 6.18. The summed E-state index contributed by atoms with van der Waals surface area (Å²) in [5, 5.41) is 0. The lowest BCUT2D eigenvalue weighted by atomic mass is 9.90. The average molecular weight is 338 g/mol. The predicted molar refractivity (Wildman–Crippen MR) is 96.1 cm³/mol. The number of piperazine rings is 1. The van der Waals surface area contributed by atoms with E-state index in [2.05, 4.69) is 16.8 Å². The van der Waals surface area contributed by atoms with Crippen molar-refractivity contribution in [2.75, 3.05) is 59.5 Å². The Balaban J connectivity index is 1.31. The Hall–Kier alpha value is -0.650. The molecule has 1 saturated carbocycles. The zero-order chi connectivity index (χ0) is 16.8. The third-order valence-corrected chi connectivity index (χ3v) is 6.18. The number of nitrogens with zero attached hydrogens (tertiary/aromatic N) is 3. The van der Waals surface area contributed by atoms with Crippen molar-refractivity contribution in [3.63, 3.8) is 0 Å². The van der Waals surface area contributed by atoms with Crippen LogP contribution in [0, 0.1) is 5.92 Å². The number of rotatable bonds is 5. The van der Waals surface area contributed by atoms with E-state index in [-0.39, 0.29) is 12.5 Å². The molecule has 5 nitrogen and oxygen atoms in total. The minimum absolute atomic E-state index is 0.189. The molecule has 0 aromatic carbocycles. The van der Waals surface area contributed by atoms with Crippen LogP contribution >= 0.6 is 0 Å². The molecule has 0 aromatic rings. The number of hydrogen-bond acceptors (Lipinski definition) is 4. The Morgan fingerprint density at radius 1 is 0.917 bits per heavy atom. The van der Waals surface area contributed by atoms with Crippen molar-refractivity contribution in [1.82, 2.24) is 14.7 Å². The second kappa shape index (κ2) is 9.16. The minimum Gasteiger partial charge on any atom is -0.371 e. The lowest BCUT2D eigenvalue weighted by Crippen LogP contribution is -2.54. The molecular weight excluding hydrogens is 302 g/mol. The molecule has 0 radical (unpaired) electrons. The van der Waals surface area contributed by atoms with Crippen molar-refractivity contribution in [2.45, 2.75) is 51.0 Å². The van der Waals surface area contributed by atoms with Crippen LogP contribution in [-0.2, 0) is 9.53 Å². The molecule has 3 rings (SSSR count). The SMILES string of the molecule is CN1CCC(N2CCN(C(=O)COCC3CCCCC3)CC2)CC1. The van der Waals surface area contributed by atoms with E-state index in [1.165, 1.54) is 58.0 Å². The molecule has 24 heavy (non-hydrogen) atoms. The lowest BCUT2D eigenvalue weighted by Gasteiger charge is -2.42. The summed E-state index contributed by atoms with van der Waals surface area (Å²) in [5.41, 5.74) is 0. The summed E-state index contributed by atoms with van der Waals surface area (Å²) in [6, 6.07) is 0.723. The van der Waals surface area contributed by atoms with Gasteiger partial charge in [-0.25, -0.2) is 0 Å². The molecule has 0 aromatic heterocycles. The highest BCUT2D eigenvalue weighted by molar-refractivity contribution is 5.77. The fourth-order valence-electron chi connectivity index (χ4n) is 4.45. The first kappa shape index (κ1) is 18.2. The molecule has 0 N–H and O–H groups in total. The normalized spacial score (nSPS) is 26.0. The van der Waals surface area contributed by atoms with Crippen LogP contribution < -0.4 is 0 Å². The van der Waals surface area contributed by atoms with Crippen molar-refractivity contribution in [3.8, 4) is 0 Å². The summed E-state index contributed by atoms with van der Waals surface area (Å²) < 4.78 is 5.73. The van der Waals surface area contributed by atoms with Crippen molar-refractivity contribution in [2.24, 2.45) is 5.92 Å². The quantitative estimate of drug-likeness (QED) is 0.767. The molecule has 0 spiro atoms. The van der Waals surface area contributed by atoms with Gasteiger partial charge in [0.15, 0.2) is 0 Å². The molecule has 5 heteroatoms. The largest absolute Gasteiger partial charge is 0.371 e. The van der Waals surface area contributed by atoms with Gasteiger partial charge in [-0.1, -0.05) is 19.3 Å². The monoisotopic (exact) mass is 337 g/mol. The number of hydrogen-bond donors (Lipinski definition) is 0. The Morgan fingerprint density at radius 2 is 1.58 bits per heavy atom. The van der Waals surface area contributed by atoms with E-state index in [0.29, 0.717) is 5.92 Å². The summed E-state index contributed by atoms with van der Waals surface area (Å²) in [6.45, 7) is 7.28. The van der Waals surface area contributed by atoms with E-state index in [4.69, 9.17) is 4.74 Å². The fourth-order valence-corrected chi connectivity index (χ4v) is 4.45. The van der Waals surface area contributed by atoms with Crippen molar-refractivity contribution in [3.05, 3.63) is 0 Å². The smallest absolute Gasteiger partial charge is 0.248 e. The van der Waals surface area contributed by atoms with Gasteiger partial charge in [0.1, 0.15) is 6.61 Å². The molecule has 138 valence electrons. The van der Waals surface area contributed by atoms with Crippen molar-refractivity contribution < 1.29 is 9.53 Å². The van der Waals surface area contributed by atoms with Crippen LogP contribution in [0.25, 0.3) is 0 Å². The second-order valence-corrected chi connectivity index (χ2v) is 7.97. The van der Waals surface area contributed by atoms with Gasteiger partial charge in [-0.05, 0) is 51.7 Å². The van der Waals surface area contributed by atoms with Gasteiger partial charge >= 0.3 is 0 Å². The van der Waals surface area contributed by atoms with E-state index in [1.807, 2.05) is 4.90 Å². The molecule has 2 saturated heterocycles. The fraction of sp³-hybridized carbons (Fsp3) is 0.947. The number of carbonyl (C=O) groups is 1. The maximum absolute atomic E-state index is 12.3. The van der Waals surface area contributed by atoms with Crippen LogP contribution in [0.15, 0.2) is 0 Å². The second-order valence-electron chi connectivity index (χ2n) is 7.97. The minimum atomic E-state index is 0.189. The first-order chi connectivity index (χ1) is 11.7. The van der Waals surface area contributed by atoms with Gasteiger partial charge in [-0.15, -0.1) is 0 Å². The van der Waals surface area contributed by atoms with Crippen LogP contribution in [0.4, 0.5) is 0 Å². The van der Waals surface area contributed by atoms with Crippen LogP contribution in [0.3, 0.4) is 0 Å². The highest BCUT2D eigenvalue weighted by atomic mass is 16.5. The highest BCUT2D eigenvalue weighted by Crippen LogP contribution is 2.23. The van der Waals surface area contributed by atoms with E-state index < -0.39 is 0 Å². The van der Waals surface area contributed by atoms with Gasteiger partial charge in [0.2, 0.25) is 5.91 Å². The number of carbonyl (C=O) groups excluding carboxylic acids is 1. The summed E-state index contributed by atoms with van der Waals surface area (Å²) in [5.74, 6) is 0.877. The maximum Gasteiger partial charge on any atom is 0.248 e. The van der Waals surface area contributed by atoms with Crippen molar-refractivity contribution >= 4 is 5.91 Å². The van der Waals surface area contributed by atoms with Gasteiger partial charge in [0.05, 0.1) is 6.61 Å². The molecule has 2 heterocycles. The van der Waals surface area contributed by atoms with Gasteiger partial charge in [0, 0.05) is 32.2 Å². The predicted octanol–water partition coefficient (Wildman–Crippen LogP) is 1.82. The lowest BCUT2D eigenvalue weighted by molar-refractivity contribution is -0.139. The maximum atomic E-state index is 12.3. The Kier molecular flexibility index (Phi) is 6.93. The highest BCUT2D eigenvalue weighted by Gasteiger charge is 2.28. The first-order valence-electron chi connectivity index (χ1n) is 10.0. The summed E-state index contributed by atoms with van der Waals surface area (Å²) in [6.07, 6.45) is 9.15. The molecule has 1 amide bonds. The molecule has 3 fully saturated rings. The summed E-state index contributed by atoms with van der Waals surface area (Å²) in [4.78, 5) is 19.4. The molecule has 0 bridgehead atoms. The van der Waals surface area contributed by atoms with E-state index >= 15 is 0 Å². The average Bonchev–Trinajstić information content (AvgIpc) is 2.63. The Labute approximate surface area is 147 Å².